The molecule has 0 bridgehead atoms. The molecular weight excluding hydrogens is 285 g/mol. The Morgan fingerprint density at radius 3 is 2.62 bits per heavy atom. The zero-order valence-corrected chi connectivity index (χ0v) is 12.0. The number of carbonyl (C=O) groups excluding carboxylic acids is 1. The summed E-state index contributed by atoms with van der Waals surface area (Å²) < 4.78 is 42.3. The van der Waals surface area contributed by atoms with Gasteiger partial charge in [-0.05, 0) is 24.5 Å². The van der Waals surface area contributed by atoms with E-state index in [1.807, 2.05) is 13.8 Å². The van der Waals surface area contributed by atoms with Crippen LogP contribution in [0.4, 0.5) is 13.2 Å². The number of pyridine rings is 1. The van der Waals surface area contributed by atoms with E-state index in [1.165, 1.54) is 0 Å². The van der Waals surface area contributed by atoms with Gasteiger partial charge >= 0.3 is 6.18 Å². The third kappa shape index (κ3) is 6.57. The quantitative estimate of drug-likeness (QED) is 0.788. The van der Waals surface area contributed by atoms with Gasteiger partial charge in [0, 0.05) is 26.0 Å². The molecule has 0 aliphatic rings. The number of alkyl halides is 3. The van der Waals surface area contributed by atoms with E-state index in [4.69, 9.17) is 4.74 Å². The van der Waals surface area contributed by atoms with Crippen molar-refractivity contribution in [3.05, 3.63) is 29.6 Å². The van der Waals surface area contributed by atoms with Crippen molar-refractivity contribution >= 4 is 5.91 Å². The maximum absolute atomic E-state index is 12.3. The van der Waals surface area contributed by atoms with Gasteiger partial charge in [-0.15, -0.1) is 0 Å². The van der Waals surface area contributed by atoms with Crippen LogP contribution < -0.4 is 5.32 Å². The number of nitrogens with one attached hydrogen (secondary N) is 1. The Morgan fingerprint density at radius 2 is 2.10 bits per heavy atom. The minimum absolute atomic E-state index is 0.103. The lowest BCUT2D eigenvalue weighted by Crippen LogP contribution is -2.25. The van der Waals surface area contributed by atoms with Crippen molar-refractivity contribution in [2.24, 2.45) is 5.92 Å². The molecule has 1 heterocycles. The molecule has 0 aliphatic heterocycles. The standard InChI is InChI=1S/C14H19F3N2O2/c1-10(2)9-21-7-3-6-18-13(20)11-4-5-12(19-8-11)14(15,16)17/h4-5,8,10H,3,6-7,9H2,1-2H3,(H,18,20). The van der Waals surface area contributed by atoms with Gasteiger partial charge in [0.15, 0.2) is 0 Å². The molecule has 1 rings (SSSR count). The molecular formula is C14H19F3N2O2. The third-order valence-electron chi connectivity index (χ3n) is 2.52. The van der Waals surface area contributed by atoms with Crippen LogP contribution in [0.5, 0.6) is 0 Å². The molecule has 21 heavy (non-hydrogen) atoms. The molecule has 4 nitrogen and oxygen atoms in total. The van der Waals surface area contributed by atoms with Crippen LogP contribution in [0.2, 0.25) is 0 Å². The van der Waals surface area contributed by atoms with E-state index in [9.17, 15) is 18.0 Å². The zero-order valence-electron chi connectivity index (χ0n) is 12.0. The van der Waals surface area contributed by atoms with Crippen molar-refractivity contribution in [2.45, 2.75) is 26.4 Å². The van der Waals surface area contributed by atoms with Crippen molar-refractivity contribution in [3.8, 4) is 0 Å². The molecule has 0 saturated carbocycles. The topological polar surface area (TPSA) is 51.2 Å². The molecule has 118 valence electrons. The summed E-state index contributed by atoms with van der Waals surface area (Å²) in [5.41, 5.74) is -0.910. The van der Waals surface area contributed by atoms with Gasteiger partial charge in [0.1, 0.15) is 5.69 Å². The van der Waals surface area contributed by atoms with Gasteiger partial charge in [-0.3, -0.25) is 9.78 Å². The maximum atomic E-state index is 12.3. The summed E-state index contributed by atoms with van der Waals surface area (Å²) in [7, 11) is 0. The first kappa shape index (κ1) is 17.4. The van der Waals surface area contributed by atoms with E-state index in [-0.39, 0.29) is 5.56 Å². The van der Waals surface area contributed by atoms with Crippen LogP contribution in [0.15, 0.2) is 18.3 Å². The SMILES string of the molecule is CC(C)COCCCNC(=O)c1ccc(C(F)(F)F)nc1. The molecule has 0 atom stereocenters. The highest BCUT2D eigenvalue weighted by Gasteiger charge is 2.32. The summed E-state index contributed by atoms with van der Waals surface area (Å²) in [6.45, 7) is 5.68. The number of hydrogen-bond donors (Lipinski definition) is 1. The number of nitrogens with zero attached hydrogens (tertiary/aromatic N) is 1. The van der Waals surface area contributed by atoms with E-state index in [2.05, 4.69) is 10.3 Å². The predicted molar refractivity (Wildman–Crippen MR) is 71.8 cm³/mol. The molecule has 0 aliphatic carbocycles. The molecule has 0 aromatic carbocycles. The van der Waals surface area contributed by atoms with E-state index in [0.717, 1.165) is 18.3 Å². The average molecular weight is 304 g/mol. The van der Waals surface area contributed by atoms with Crippen LogP contribution >= 0.6 is 0 Å². The Hall–Kier alpha value is -1.63. The molecule has 0 radical (unpaired) electrons. The minimum Gasteiger partial charge on any atom is -0.381 e. The molecule has 1 amide bonds. The van der Waals surface area contributed by atoms with Crippen molar-refractivity contribution in [1.82, 2.24) is 10.3 Å². The van der Waals surface area contributed by atoms with Crippen LogP contribution in [0, 0.1) is 5.92 Å². The molecule has 7 heteroatoms. The van der Waals surface area contributed by atoms with Crippen LogP contribution in [0.3, 0.4) is 0 Å². The van der Waals surface area contributed by atoms with Crippen molar-refractivity contribution in [2.75, 3.05) is 19.8 Å². The van der Waals surface area contributed by atoms with Crippen LogP contribution in [0.1, 0.15) is 36.3 Å². The first-order valence-corrected chi connectivity index (χ1v) is 6.70. The number of ether oxygens (including phenoxy) is 1. The monoisotopic (exact) mass is 304 g/mol. The van der Waals surface area contributed by atoms with Gasteiger partial charge in [0.05, 0.1) is 5.56 Å². The molecule has 0 saturated heterocycles. The fourth-order valence-electron chi connectivity index (χ4n) is 1.49. The van der Waals surface area contributed by atoms with E-state index < -0.39 is 17.8 Å². The minimum atomic E-state index is -4.50. The highest BCUT2D eigenvalue weighted by molar-refractivity contribution is 5.93. The zero-order chi connectivity index (χ0) is 15.9. The summed E-state index contributed by atoms with van der Waals surface area (Å²) in [5, 5.41) is 2.61. The lowest BCUT2D eigenvalue weighted by atomic mass is 10.2. The smallest absolute Gasteiger partial charge is 0.381 e. The van der Waals surface area contributed by atoms with Crippen LogP contribution in [0.25, 0.3) is 0 Å². The van der Waals surface area contributed by atoms with Crippen molar-refractivity contribution in [3.63, 3.8) is 0 Å². The highest BCUT2D eigenvalue weighted by atomic mass is 19.4. The fraction of sp³-hybridized carbons (Fsp3) is 0.571. The Morgan fingerprint density at radius 1 is 1.38 bits per heavy atom. The van der Waals surface area contributed by atoms with Crippen molar-refractivity contribution < 1.29 is 22.7 Å². The summed E-state index contributed by atoms with van der Waals surface area (Å²) in [6, 6.07) is 1.90. The van der Waals surface area contributed by atoms with Gasteiger partial charge in [-0.1, -0.05) is 13.8 Å². The Kier molecular flexibility index (Phi) is 6.61. The second kappa shape index (κ2) is 7.97. The summed E-state index contributed by atoms with van der Waals surface area (Å²) in [4.78, 5) is 14.9. The first-order valence-electron chi connectivity index (χ1n) is 6.70. The summed E-state index contributed by atoms with van der Waals surface area (Å²) in [5.74, 6) is 0.0119. The number of halogens is 3. The Balaban J connectivity index is 2.32. The van der Waals surface area contributed by atoms with Gasteiger partial charge in [0.2, 0.25) is 0 Å². The second-order valence-corrected chi connectivity index (χ2v) is 5.01. The molecule has 0 spiro atoms. The molecule has 1 N–H and O–H groups in total. The summed E-state index contributed by atoms with van der Waals surface area (Å²) >= 11 is 0. The largest absolute Gasteiger partial charge is 0.433 e. The van der Waals surface area contributed by atoms with E-state index >= 15 is 0 Å². The van der Waals surface area contributed by atoms with Gasteiger partial charge < -0.3 is 10.1 Å². The fourth-order valence-corrected chi connectivity index (χ4v) is 1.49. The lowest BCUT2D eigenvalue weighted by Gasteiger charge is -2.08. The van der Waals surface area contributed by atoms with Gasteiger partial charge in [-0.25, -0.2) is 0 Å². The van der Waals surface area contributed by atoms with E-state index in [0.29, 0.717) is 32.1 Å². The first-order chi connectivity index (χ1) is 9.80. The van der Waals surface area contributed by atoms with Gasteiger partial charge in [0.25, 0.3) is 5.91 Å². The van der Waals surface area contributed by atoms with Gasteiger partial charge in [-0.2, -0.15) is 13.2 Å². The third-order valence-corrected chi connectivity index (χ3v) is 2.52. The number of rotatable bonds is 7. The molecule has 1 aromatic rings. The van der Waals surface area contributed by atoms with E-state index in [1.54, 1.807) is 0 Å². The predicted octanol–water partition coefficient (Wildman–Crippen LogP) is 2.89. The summed E-state index contributed by atoms with van der Waals surface area (Å²) in [6.07, 6.45) is -2.93. The number of hydrogen-bond acceptors (Lipinski definition) is 3. The maximum Gasteiger partial charge on any atom is 0.433 e. The number of aromatic nitrogens is 1. The number of amides is 1. The molecule has 1 aromatic heterocycles. The van der Waals surface area contributed by atoms with Crippen molar-refractivity contribution in [1.29, 1.82) is 0 Å². The molecule has 0 fully saturated rings. The molecule has 0 unspecified atom stereocenters. The second-order valence-electron chi connectivity index (χ2n) is 5.01. The normalized spacial score (nSPS) is 11.7. The highest BCUT2D eigenvalue weighted by Crippen LogP contribution is 2.27. The lowest BCUT2D eigenvalue weighted by molar-refractivity contribution is -0.141. The Bertz CT molecular complexity index is 445. The average Bonchev–Trinajstić information content (AvgIpc) is 2.41. The van der Waals surface area contributed by atoms with Crippen LogP contribution in [-0.2, 0) is 10.9 Å². The van der Waals surface area contributed by atoms with Crippen LogP contribution in [-0.4, -0.2) is 30.6 Å². The Labute approximate surface area is 121 Å². The number of carbonyl (C=O) groups is 1.